The number of carbonyl (C=O) groups is 1. The fourth-order valence-corrected chi connectivity index (χ4v) is 1.50. The lowest BCUT2D eigenvalue weighted by Gasteiger charge is -2.13. The third-order valence-electron chi connectivity index (χ3n) is 2.33. The van der Waals surface area contributed by atoms with E-state index in [9.17, 15) is 4.79 Å². The van der Waals surface area contributed by atoms with Gasteiger partial charge in [-0.05, 0) is 32.4 Å². The lowest BCUT2D eigenvalue weighted by Crippen LogP contribution is -2.31. The molecule has 0 saturated heterocycles. The maximum atomic E-state index is 10.3. The molecule has 1 atom stereocenters. The summed E-state index contributed by atoms with van der Waals surface area (Å²) in [5.74, 6) is -0.718. The second kappa shape index (κ2) is 7.00. The van der Waals surface area contributed by atoms with Crippen LogP contribution in [0.25, 0.3) is 0 Å². The van der Waals surface area contributed by atoms with Gasteiger partial charge in [0.25, 0.3) is 0 Å². The summed E-state index contributed by atoms with van der Waals surface area (Å²) in [6.45, 7) is 3.79. The van der Waals surface area contributed by atoms with Crippen molar-refractivity contribution in [2.45, 2.75) is 38.8 Å². The lowest BCUT2D eigenvalue weighted by atomic mass is 10.2. The molecule has 1 heterocycles. The van der Waals surface area contributed by atoms with E-state index in [1.54, 1.807) is 6.20 Å². The largest absolute Gasteiger partial charge is 0.481 e. The number of aromatic nitrogens is 2. The maximum absolute atomic E-state index is 10.3. The molecule has 1 aromatic heterocycles. The number of unbranched alkanes of at least 4 members (excludes halogenated alkanes) is 1. The smallest absolute Gasteiger partial charge is 0.303 e. The Balaban J connectivity index is 2.02. The standard InChI is InChI=1S/C11H19N3O2/c1-10(9-14-8-4-7-13-14)12-6-3-2-5-11(15)16/h4,7-8,10,12H,2-3,5-6,9H2,1H3,(H,15,16). The van der Waals surface area contributed by atoms with Gasteiger partial charge in [-0.25, -0.2) is 0 Å². The van der Waals surface area contributed by atoms with Crippen LogP contribution in [0.15, 0.2) is 18.5 Å². The summed E-state index contributed by atoms with van der Waals surface area (Å²) in [6.07, 6.45) is 5.59. The average molecular weight is 225 g/mol. The zero-order valence-corrected chi connectivity index (χ0v) is 9.59. The van der Waals surface area contributed by atoms with Crippen LogP contribution in [0, 0.1) is 0 Å². The van der Waals surface area contributed by atoms with E-state index >= 15 is 0 Å². The van der Waals surface area contributed by atoms with E-state index < -0.39 is 5.97 Å². The van der Waals surface area contributed by atoms with E-state index in [1.165, 1.54) is 0 Å². The predicted octanol–water partition coefficient (Wildman–Crippen LogP) is 1.12. The normalized spacial score (nSPS) is 12.6. The molecule has 0 bridgehead atoms. The zero-order valence-electron chi connectivity index (χ0n) is 9.59. The maximum Gasteiger partial charge on any atom is 0.303 e. The first-order valence-electron chi connectivity index (χ1n) is 5.61. The molecule has 90 valence electrons. The van der Waals surface area contributed by atoms with Gasteiger partial charge in [-0.2, -0.15) is 5.10 Å². The quantitative estimate of drug-likeness (QED) is 0.650. The summed E-state index contributed by atoms with van der Waals surface area (Å²) in [5, 5.41) is 15.9. The molecule has 5 heteroatoms. The molecule has 0 spiro atoms. The summed E-state index contributed by atoms with van der Waals surface area (Å²) in [5.41, 5.74) is 0. The number of nitrogens with one attached hydrogen (secondary N) is 1. The van der Waals surface area contributed by atoms with Gasteiger partial charge in [-0.3, -0.25) is 9.48 Å². The van der Waals surface area contributed by atoms with Crippen LogP contribution in [0.3, 0.4) is 0 Å². The van der Waals surface area contributed by atoms with E-state index in [0.29, 0.717) is 6.04 Å². The van der Waals surface area contributed by atoms with Crippen LogP contribution in [0.5, 0.6) is 0 Å². The minimum absolute atomic E-state index is 0.259. The number of rotatable bonds is 8. The zero-order chi connectivity index (χ0) is 11.8. The van der Waals surface area contributed by atoms with Gasteiger partial charge in [0.05, 0.1) is 6.54 Å². The Labute approximate surface area is 95.5 Å². The molecule has 5 nitrogen and oxygen atoms in total. The van der Waals surface area contributed by atoms with Gasteiger partial charge in [0.2, 0.25) is 0 Å². The summed E-state index contributed by atoms with van der Waals surface area (Å²) in [6, 6.07) is 2.25. The van der Waals surface area contributed by atoms with Gasteiger partial charge in [0.1, 0.15) is 0 Å². The molecule has 0 radical (unpaired) electrons. The van der Waals surface area contributed by atoms with Crippen molar-refractivity contribution in [3.8, 4) is 0 Å². The SMILES string of the molecule is CC(Cn1cccn1)NCCCCC(=O)O. The number of hydrogen-bond acceptors (Lipinski definition) is 3. The number of carboxylic acids is 1. The van der Waals surface area contributed by atoms with Crippen molar-refractivity contribution in [3.63, 3.8) is 0 Å². The first kappa shape index (κ1) is 12.7. The van der Waals surface area contributed by atoms with Crippen molar-refractivity contribution >= 4 is 5.97 Å². The first-order valence-corrected chi connectivity index (χ1v) is 5.61. The Morgan fingerprint density at radius 2 is 2.38 bits per heavy atom. The molecule has 0 fully saturated rings. The molecule has 0 saturated carbocycles. The highest BCUT2D eigenvalue weighted by molar-refractivity contribution is 5.66. The third-order valence-corrected chi connectivity index (χ3v) is 2.33. The molecule has 1 aromatic rings. The van der Waals surface area contributed by atoms with Gasteiger partial charge in [-0.15, -0.1) is 0 Å². The highest BCUT2D eigenvalue weighted by Crippen LogP contribution is 1.95. The van der Waals surface area contributed by atoms with E-state index in [0.717, 1.165) is 25.9 Å². The Bertz CT molecular complexity index is 298. The van der Waals surface area contributed by atoms with Crippen molar-refractivity contribution in [1.29, 1.82) is 0 Å². The molecule has 16 heavy (non-hydrogen) atoms. The number of hydrogen-bond donors (Lipinski definition) is 2. The van der Waals surface area contributed by atoms with Crippen LogP contribution in [0.4, 0.5) is 0 Å². The Morgan fingerprint density at radius 3 is 3.00 bits per heavy atom. The molecular weight excluding hydrogens is 206 g/mol. The Morgan fingerprint density at radius 1 is 1.56 bits per heavy atom. The van der Waals surface area contributed by atoms with E-state index in [2.05, 4.69) is 17.3 Å². The van der Waals surface area contributed by atoms with Gasteiger partial charge >= 0.3 is 5.97 Å². The van der Waals surface area contributed by atoms with Gasteiger partial charge in [-0.1, -0.05) is 0 Å². The van der Waals surface area contributed by atoms with E-state index in [4.69, 9.17) is 5.11 Å². The summed E-state index contributed by atoms with van der Waals surface area (Å²) >= 11 is 0. The molecule has 0 aliphatic heterocycles. The van der Waals surface area contributed by atoms with Crippen molar-refractivity contribution in [3.05, 3.63) is 18.5 Å². The van der Waals surface area contributed by atoms with Crippen LogP contribution in [0.1, 0.15) is 26.2 Å². The average Bonchev–Trinajstić information content (AvgIpc) is 2.69. The molecule has 1 rings (SSSR count). The summed E-state index contributed by atoms with van der Waals surface area (Å²) in [4.78, 5) is 10.3. The molecule has 0 amide bonds. The van der Waals surface area contributed by atoms with Gasteiger partial charge < -0.3 is 10.4 Å². The van der Waals surface area contributed by atoms with E-state index in [1.807, 2.05) is 16.9 Å². The summed E-state index contributed by atoms with van der Waals surface area (Å²) in [7, 11) is 0. The second-order valence-electron chi connectivity index (χ2n) is 3.93. The summed E-state index contributed by atoms with van der Waals surface area (Å²) < 4.78 is 1.88. The molecule has 2 N–H and O–H groups in total. The van der Waals surface area contributed by atoms with Crippen LogP contribution in [-0.2, 0) is 11.3 Å². The molecule has 0 aliphatic carbocycles. The fourth-order valence-electron chi connectivity index (χ4n) is 1.50. The third kappa shape index (κ3) is 5.50. The highest BCUT2D eigenvalue weighted by atomic mass is 16.4. The van der Waals surface area contributed by atoms with Crippen molar-refractivity contribution in [2.24, 2.45) is 0 Å². The Hall–Kier alpha value is -1.36. The predicted molar refractivity (Wildman–Crippen MR) is 61.2 cm³/mol. The van der Waals surface area contributed by atoms with Crippen LogP contribution < -0.4 is 5.32 Å². The topological polar surface area (TPSA) is 67.2 Å². The fraction of sp³-hybridized carbons (Fsp3) is 0.636. The molecule has 1 unspecified atom stereocenters. The number of aliphatic carboxylic acids is 1. The monoisotopic (exact) mass is 225 g/mol. The Kier molecular flexibility index (Phi) is 5.56. The molecular formula is C11H19N3O2. The van der Waals surface area contributed by atoms with Crippen LogP contribution in [0.2, 0.25) is 0 Å². The number of carboxylic acid groups (broad SMARTS) is 1. The van der Waals surface area contributed by atoms with Crippen molar-refractivity contribution < 1.29 is 9.90 Å². The van der Waals surface area contributed by atoms with E-state index in [-0.39, 0.29) is 6.42 Å². The van der Waals surface area contributed by atoms with Crippen LogP contribution in [-0.4, -0.2) is 33.4 Å². The lowest BCUT2D eigenvalue weighted by molar-refractivity contribution is -0.137. The number of nitrogens with zero attached hydrogens (tertiary/aromatic N) is 2. The minimum Gasteiger partial charge on any atom is -0.481 e. The second-order valence-corrected chi connectivity index (χ2v) is 3.93. The highest BCUT2D eigenvalue weighted by Gasteiger charge is 2.02. The van der Waals surface area contributed by atoms with Crippen molar-refractivity contribution in [2.75, 3.05) is 6.54 Å². The first-order chi connectivity index (χ1) is 7.68. The minimum atomic E-state index is -0.718. The van der Waals surface area contributed by atoms with Crippen molar-refractivity contribution in [1.82, 2.24) is 15.1 Å². The van der Waals surface area contributed by atoms with Gasteiger partial charge in [0, 0.05) is 24.9 Å². The van der Waals surface area contributed by atoms with Crippen LogP contribution >= 0.6 is 0 Å². The van der Waals surface area contributed by atoms with Gasteiger partial charge in [0.15, 0.2) is 0 Å². The molecule has 0 aromatic carbocycles. The molecule has 0 aliphatic rings.